The lowest BCUT2D eigenvalue weighted by Crippen LogP contribution is -1.86. The molecule has 0 aliphatic carbocycles. The molecule has 0 spiro atoms. The predicted molar refractivity (Wildman–Crippen MR) is 38.9 cm³/mol. The van der Waals surface area contributed by atoms with Crippen LogP contribution in [0, 0.1) is 0 Å². The van der Waals surface area contributed by atoms with Crippen molar-refractivity contribution in [1.29, 1.82) is 0 Å². The van der Waals surface area contributed by atoms with Crippen LogP contribution in [0.2, 0.25) is 0 Å². The Bertz CT molecular complexity index is 328. The molecule has 2 N–H and O–H groups in total. The van der Waals surface area contributed by atoms with E-state index in [0.717, 1.165) is 0 Å². The Morgan fingerprint density at radius 1 is 1.00 bits per heavy atom. The third-order valence-corrected chi connectivity index (χ3v) is 0.916. The van der Waals surface area contributed by atoms with Gasteiger partial charge in [-0.15, -0.1) is 0 Å². The van der Waals surface area contributed by atoms with Crippen LogP contribution in [0.25, 0.3) is 0 Å². The Labute approximate surface area is 75.3 Å². The van der Waals surface area contributed by atoms with E-state index in [9.17, 15) is 18.0 Å². The van der Waals surface area contributed by atoms with Gasteiger partial charge in [0.05, 0.1) is 0 Å². The highest BCUT2D eigenvalue weighted by atomic mass is 32.2. The Morgan fingerprint density at radius 2 is 1.23 bits per heavy atom. The van der Waals surface area contributed by atoms with Gasteiger partial charge in [-0.25, -0.2) is 9.59 Å². The third-order valence-electron chi connectivity index (χ3n) is 0.305. The summed E-state index contributed by atoms with van der Waals surface area (Å²) >= 11 is -1.08. The van der Waals surface area contributed by atoms with Crippen LogP contribution in [-0.2, 0) is 39.8 Å². The van der Waals surface area contributed by atoms with Gasteiger partial charge in [0, 0.05) is 0 Å². The van der Waals surface area contributed by atoms with E-state index in [1.165, 1.54) is 0 Å². The molecule has 0 unspecified atom stereocenters. The van der Waals surface area contributed by atoms with E-state index >= 15 is 0 Å². The smallest absolute Gasteiger partial charge is 0.383 e. The van der Waals surface area contributed by atoms with Crippen LogP contribution in [0.5, 0.6) is 0 Å². The summed E-state index contributed by atoms with van der Waals surface area (Å²) in [5.74, 6) is 0. The number of isocyanates is 2. The van der Waals surface area contributed by atoms with Gasteiger partial charge in [-0.1, -0.05) is 20.4 Å². The second kappa shape index (κ2) is 10.6. The van der Waals surface area contributed by atoms with E-state index in [0.29, 0.717) is 12.2 Å². The lowest BCUT2D eigenvalue weighted by atomic mass is 11.7. The van der Waals surface area contributed by atoms with Gasteiger partial charge in [0.2, 0.25) is 0 Å². The zero-order chi connectivity index (χ0) is 10.0. The molecule has 0 radical (unpaired) electrons. The van der Waals surface area contributed by atoms with Gasteiger partial charge in [-0.05, 0) is 0 Å². The average Bonchev–Trinajstić information content (AvgIpc) is 1.88. The average molecular weight is 231 g/mol. The van der Waals surface area contributed by atoms with Crippen molar-refractivity contribution < 1.29 is 31.9 Å². The lowest BCUT2D eigenvalue weighted by molar-refractivity contribution is 0.541. The Balaban J connectivity index is -0.000000220. The summed E-state index contributed by atoms with van der Waals surface area (Å²) in [6.45, 7) is 0. The second-order valence-corrected chi connectivity index (χ2v) is 2.30. The minimum Gasteiger partial charge on any atom is -0.427 e. The molecule has 0 aromatic carbocycles. The molecular formula is C2H3N2O7S2-. The van der Waals surface area contributed by atoms with E-state index in [2.05, 4.69) is 8.80 Å². The maximum atomic E-state index is 9.97. The predicted octanol–water partition coefficient (Wildman–Crippen LogP) is -2.43. The molecule has 0 fully saturated rings. The standard InChI is InChI=1S/C2N2O4S.HO2S.H2O/c5-1-3-9(7,8)4-2-6;1-3-2;/h;3H;1H2/q;-1;. The fourth-order valence-electron chi connectivity index (χ4n) is 0.115. The van der Waals surface area contributed by atoms with Gasteiger partial charge in [-0.3, -0.25) is 0 Å². The largest absolute Gasteiger partial charge is 0.427 e. The van der Waals surface area contributed by atoms with Gasteiger partial charge in [0.25, 0.3) is 12.2 Å². The molecule has 0 amide bonds. The highest BCUT2D eigenvalue weighted by Crippen LogP contribution is 1.87. The summed E-state index contributed by atoms with van der Waals surface area (Å²) in [5, 5.41) is 0. The zero-order valence-corrected chi connectivity index (χ0v) is 7.41. The Morgan fingerprint density at radius 3 is 1.38 bits per heavy atom. The van der Waals surface area contributed by atoms with Gasteiger partial charge in [0.1, 0.15) is 0 Å². The topological polar surface area (TPSA) is 159 Å². The van der Waals surface area contributed by atoms with E-state index in [4.69, 9.17) is 8.42 Å². The summed E-state index contributed by atoms with van der Waals surface area (Å²) in [5.41, 5.74) is 0. The number of nitrogens with zero attached hydrogens (tertiary/aromatic N) is 2. The first-order valence-electron chi connectivity index (χ1n) is 1.92. The normalized spacial score (nSPS) is 7.38. The van der Waals surface area contributed by atoms with Crippen molar-refractivity contribution in [3.05, 3.63) is 0 Å². The molecule has 0 heterocycles. The summed E-state index contributed by atoms with van der Waals surface area (Å²) in [6.07, 6.45) is 1.41. The van der Waals surface area contributed by atoms with Crippen molar-refractivity contribution in [2.24, 2.45) is 8.80 Å². The highest BCUT2D eigenvalue weighted by Gasteiger charge is 2.00. The van der Waals surface area contributed by atoms with E-state index in [1.54, 1.807) is 0 Å². The molecule has 0 saturated heterocycles. The van der Waals surface area contributed by atoms with E-state index < -0.39 is 21.8 Å². The van der Waals surface area contributed by atoms with Crippen molar-refractivity contribution in [2.45, 2.75) is 0 Å². The molecule has 0 aromatic heterocycles. The first-order valence-corrected chi connectivity index (χ1v) is 4.05. The van der Waals surface area contributed by atoms with Crippen LogP contribution in [-0.4, -0.2) is 26.1 Å². The highest BCUT2D eigenvalue weighted by molar-refractivity contribution is 7.89. The molecule has 9 nitrogen and oxygen atoms in total. The molecule has 0 aliphatic rings. The minimum atomic E-state index is -4.28. The maximum absolute atomic E-state index is 9.97. The summed E-state index contributed by atoms with van der Waals surface area (Å²) < 4.78 is 41.0. The molecule has 0 aromatic rings. The third kappa shape index (κ3) is 18.0. The van der Waals surface area contributed by atoms with Crippen molar-refractivity contribution in [3.8, 4) is 0 Å². The van der Waals surface area contributed by atoms with Crippen LogP contribution in [0.4, 0.5) is 0 Å². The molecular weight excluding hydrogens is 228 g/mol. The number of thiol groups is 1. The number of hydrogen-bond donors (Lipinski definition) is 0. The lowest BCUT2D eigenvalue weighted by Gasteiger charge is -1.72. The summed E-state index contributed by atoms with van der Waals surface area (Å²) in [7, 11) is -4.28. The Kier molecular flexibility index (Phi) is 14.4. The second-order valence-electron chi connectivity index (χ2n) is 0.888. The van der Waals surface area contributed by atoms with E-state index in [1.807, 2.05) is 0 Å². The van der Waals surface area contributed by atoms with Gasteiger partial charge >= 0.3 is 10.2 Å². The van der Waals surface area contributed by atoms with Crippen molar-refractivity contribution in [2.75, 3.05) is 0 Å². The van der Waals surface area contributed by atoms with E-state index in [-0.39, 0.29) is 5.48 Å². The Hall–Kier alpha value is -1.38. The van der Waals surface area contributed by atoms with Gasteiger partial charge in [0.15, 0.2) is 0 Å². The van der Waals surface area contributed by atoms with Crippen LogP contribution >= 0.6 is 0 Å². The number of rotatable bonds is 2. The van der Waals surface area contributed by atoms with Crippen molar-refractivity contribution in [3.63, 3.8) is 0 Å². The SMILES string of the molecule is O.O=C=NS(=O)(=O)N=C=O.O=[SH-]=O. The fourth-order valence-corrected chi connectivity index (χ4v) is 0.344. The summed E-state index contributed by atoms with van der Waals surface area (Å²) in [6, 6.07) is 0. The molecule has 0 atom stereocenters. The van der Waals surface area contributed by atoms with Gasteiger partial charge in [-0.2, -0.15) is 8.42 Å². The first-order chi connectivity index (χ1) is 5.54. The van der Waals surface area contributed by atoms with Gasteiger partial charge < -0.3 is 13.9 Å². The molecule has 0 aliphatic heterocycles. The number of hydrogen-bond acceptors (Lipinski definition) is 7. The monoisotopic (exact) mass is 231 g/mol. The fraction of sp³-hybridized carbons (Fsp3) is 0. The molecule has 76 valence electrons. The quantitative estimate of drug-likeness (QED) is 0.222. The molecule has 11 heteroatoms. The molecule has 0 bridgehead atoms. The number of carbonyl (C=O) groups excluding carboxylic acids is 2. The maximum Gasteiger partial charge on any atom is 0.383 e. The van der Waals surface area contributed by atoms with Crippen LogP contribution in [0.1, 0.15) is 0 Å². The van der Waals surface area contributed by atoms with Crippen molar-refractivity contribution in [1.82, 2.24) is 0 Å². The molecule has 13 heavy (non-hydrogen) atoms. The van der Waals surface area contributed by atoms with Crippen LogP contribution in [0.3, 0.4) is 0 Å². The van der Waals surface area contributed by atoms with Crippen molar-refractivity contribution >= 4 is 33.9 Å². The van der Waals surface area contributed by atoms with Crippen LogP contribution < -0.4 is 0 Å². The molecule has 0 rings (SSSR count). The zero-order valence-electron chi connectivity index (χ0n) is 5.70. The minimum absolute atomic E-state index is 0. The molecule has 0 saturated carbocycles. The van der Waals surface area contributed by atoms with Crippen LogP contribution in [0.15, 0.2) is 8.80 Å². The summed E-state index contributed by atoms with van der Waals surface area (Å²) in [4.78, 5) is 18.5. The first kappa shape index (κ1) is 17.6.